The van der Waals surface area contributed by atoms with E-state index in [1.807, 2.05) is 0 Å². The van der Waals surface area contributed by atoms with E-state index in [0.717, 1.165) is 37.0 Å². The summed E-state index contributed by atoms with van der Waals surface area (Å²) in [6.07, 6.45) is 13.7. The van der Waals surface area contributed by atoms with Gasteiger partial charge in [-0.05, 0) is 110 Å². The summed E-state index contributed by atoms with van der Waals surface area (Å²) in [6.45, 7) is 12.6. The summed E-state index contributed by atoms with van der Waals surface area (Å²) in [5, 5.41) is 21.0. The fraction of sp³-hybridized carbons (Fsp3) is 1.00. The largest absolute Gasteiger partial charge is 0.396 e. The van der Waals surface area contributed by atoms with Crippen LogP contribution in [0, 0.1) is 45.8 Å². The normalized spacial score (nSPS) is 55.0. The second-order valence-electron chi connectivity index (χ2n) is 12.4. The standard InChI is InChI=1S/C26H46O2/c1-6-26(28)15-14-25(5)22-11-13-24(4)20(18(2)16-27)9-10-21(24)19(22)8-7-12-23(25,3)17-26/h18-22,27-28H,6-17H2,1-5H3/t18-,19-,20-,21+,22+,23-,24-,25-,26+/m1/s1. The van der Waals surface area contributed by atoms with Crippen LogP contribution in [0.3, 0.4) is 0 Å². The lowest BCUT2D eigenvalue weighted by Crippen LogP contribution is -2.56. The van der Waals surface area contributed by atoms with Crippen LogP contribution in [0.4, 0.5) is 0 Å². The highest BCUT2D eigenvalue weighted by molar-refractivity contribution is 5.12. The molecule has 2 N–H and O–H groups in total. The molecule has 0 bridgehead atoms. The van der Waals surface area contributed by atoms with Crippen molar-refractivity contribution in [3.05, 3.63) is 0 Å². The Bertz CT molecular complexity index is 589. The van der Waals surface area contributed by atoms with Crippen LogP contribution in [0.1, 0.15) is 105 Å². The fourth-order valence-corrected chi connectivity index (χ4v) is 9.43. The van der Waals surface area contributed by atoms with Crippen LogP contribution in [0.2, 0.25) is 0 Å². The van der Waals surface area contributed by atoms with E-state index in [1.165, 1.54) is 51.4 Å². The van der Waals surface area contributed by atoms with Crippen LogP contribution in [-0.4, -0.2) is 22.4 Å². The highest BCUT2D eigenvalue weighted by Crippen LogP contribution is 2.70. The molecule has 28 heavy (non-hydrogen) atoms. The molecule has 2 heteroatoms. The third-order valence-corrected chi connectivity index (χ3v) is 11.4. The molecule has 162 valence electrons. The maximum Gasteiger partial charge on any atom is 0.0650 e. The Kier molecular flexibility index (Phi) is 5.27. The zero-order valence-electron chi connectivity index (χ0n) is 19.3. The van der Waals surface area contributed by atoms with Crippen LogP contribution < -0.4 is 0 Å². The first kappa shape index (κ1) is 21.2. The molecule has 0 aliphatic heterocycles. The molecular weight excluding hydrogens is 344 g/mol. The molecule has 0 aromatic heterocycles. The van der Waals surface area contributed by atoms with Crippen molar-refractivity contribution in [1.29, 1.82) is 0 Å². The van der Waals surface area contributed by atoms with Gasteiger partial charge in [0.1, 0.15) is 0 Å². The molecule has 4 saturated carbocycles. The number of hydrogen-bond donors (Lipinski definition) is 2. The van der Waals surface area contributed by atoms with E-state index >= 15 is 0 Å². The van der Waals surface area contributed by atoms with Crippen LogP contribution in [-0.2, 0) is 0 Å². The summed E-state index contributed by atoms with van der Waals surface area (Å²) in [5.74, 6) is 3.73. The Morgan fingerprint density at radius 3 is 2.36 bits per heavy atom. The average molecular weight is 391 g/mol. The Labute approximate surface area is 173 Å². The zero-order valence-corrected chi connectivity index (χ0v) is 19.3. The Morgan fingerprint density at radius 2 is 1.68 bits per heavy atom. The lowest BCUT2D eigenvalue weighted by molar-refractivity contribution is -0.157. The van der Waals surface area contributed by atoms with Crippen molar-refractivity contribution < 1.29 is 10.2 Å². The van der Waals surface area contributed by atoms with Crippen LogP contribution in [0.15, 0.2) is 0 Å². The summed E-state index contributed by atoms with van der Waals surface area (Å²) < 4.78 is 0. The second-order valence-corrected chi connectivity index (χ2v) is 12.4. The molecule has 4 fully saturated rings. The van der Waals surface area contributed by atoms with Crippen molar-refractivity contribution in [3.8, 4) is 0 Å². The van der Waals surface area contributed by atoms with Gasteiger partial charge in [-0.3, -0.25) is 0 Å². The molecule has 0 spiro atoms. The number of rotatable bonds is 3. The van der Waals surface area contributed by atoms with Crippen molar-refractivity contribution in [2.24, 2.45) is 45.8 Å². The quantitative estimate of drug-likeness (QED) is 0.603. The molecule has 2 nitrogen and oxygen atoms in total. The minimum Gasteiger partial charge on any atom is -0.396 e. The van der Waals surface area contributed by atoms with Gasteiger partial charge in [0.15, 0.2) is 0 Å². The summed E-state index contributed by atoms with van der Waals surface area (Å²) in [7, 11) is 0. The van der Waals surface area contributed by atoms with Crippen LogP contribution in [0.25, 0.3) is 0 Å². The lowest BCUT2D eigenvalue weighted by atomic mass is 9.44. The summed E-state index contributed by atoms with van der Waals surface area (Å²) >= 11 is 0. The zero-order chi connectivity index (χ0) is 20.4. The second kappa shape index (κ2) is 6.98. The molecule has 4 aliphatic rings. The van der Waals surface area contributed by atoms with E-state index in [2.05, 4.69) is 34.6 Å². The number of fused-ring (bicyclic) bond motifs is 5. The predicted octanol–water partition coefficient (Wildman–Crippen LogP) is 6.20. The Hall–Kier alpha value is -0.0800. The highest BCUT2D eigenvalue weighted by atomic mass is 16.3. The van der Waals surface area contributed by atoms with Crippen molar-refractivity contribution in [3.63, 3.8) is 0 Å². The topological polar surface area (TPSA) is 40.5 Å². The molecule has 0 aromatic carbocycles. The Balaban J connectivity index is 1.65. The van der Waals surface area contributed by atoms with Crippen LogP contribution >= 0.6 is 0 Å². The predicted molar refractivity (Wildman–Crippen MR) is 116 cm³/mol. The van der Waals surface area contributed by atoms with Gasteiger partial charge in [0.05, 0.1) is 5.60 Å². The summed E-state index contributed by atoms with van der Waals surface area (Å²) in [4.78, 5) is 0. The molecule has 0 saturated heterocycles. The SMILES string of the molecule is CC[C@]1(O)CC[C@]2(C)[C@H]3CC[C@]4(C)[C@@H]([C@H](C)CO)CC[C@H]4[C@H]3CCC[C@]2(C)C1. The van der Waals surface area contributed by atoms with E-state index < -0.39 is 5.60 Å². The molecule has 9 atom stereocenters. The number of aliphatic hydroxyl groups is 2. The molecule has 4 aliphatic carbocycles. The molecule has 0 unspecified atom stereocenters. The van der Waals surface area contributed by atoms with Gasteiger partial charge in [0, 0.05) is 6.61 Å². The van der Waals surface area contributed by atoms with Gasteiger partial charge in [-0.2, -0.15) is 0 Å². The molecule has 0 amide bonds. The third kappa shape index (κ3) is 2.87. The van der Waals surface area contributed by atoms with Gasteiger partial charge in [-0.15, -0.1) is 0 Å². The lowest BCUT2D eigenvalue weighted by Gasteiger charge is -2.61. The molecule has 0 aromatic rings. The Morgan fingerprint density at radius 1 is 0.929 bits per heavy atom. The minimum absolute atomic E-state index is 0.291. The van der Waals surface area contributed by atoms with E-state index in [4.69, 9.17) is 0 Å². The molecule has 0 heterocycles. The number of aliphatic hydroxyl groups excluding tert-OH is 1. The smallest absolute Gasteiger partial charge is 0.0650 e. The van der Waals surface area contributed by atoms with Crippen molar-refractivity contribution >= 4 is 0 Å². The van der Waals surface area contributed by atoms with Gasteiger partial charge in [0.25, 0.3) is 0 Å². The molecular formula is C26H46O2. The highest BCUT2D eigenvalue weighted by Gasteiger charge is 2.63. The van der Waals surface area contributed by atoms with Crippen molar-refractivity contribution in [2.75, 3.05) is 6.61 Å². The fourth-order valence-electron chi connectivity index (χ4n) is 9.43. The maximum atomic E-state index is 11.2. The maximum absolute atomic E-state index is 11.2. The van der Waals surface area contributed by atoms with Crippen LogP contribution in [0.5, 0.6) is 0 Å². The van der Waals surface area contributed by atoms with E-state index in [-0.39, 0.29) is 0 Å². The average Bonchev–Trinajstić information content (AvgIpc) is 2.96. The first-order valence-corrected chi connectivity index (χ1v) is 12.5. The van der Waals surface area contributed by atoms with Crippen molar-refractivity contribution in [2.45, 2.75) is 111 Å². The van der Waals surface area contributed by atoms with Crippen molar-refractivity contribution in [1.82, 2.24) is 0 Å². The van der Waals surface area contributed by atoms with E-state index in [0.29, 0.717) is 34.7 Å². The van der Waals surface area contributed by atoms with E-state index in [9.17, 15) is 10.2 Å². The van der Waals surface area contributed by atoms with Gasteiger partial charge >= 0.3 is 0 Å². The molecule has 0 radical (unpaired) electrons. The van der Waals surface area contributed by atoms with Gasteiger partial charge in [0.2, 0.25) is 0 Å². The van der Waals surface area contributed by atoms with Gasteiger partial charge < -0.3 is 10.2 Å². The monoisotopic (exact) mass is 390 g/mol. The summed E-state index contributed by atoms with van der Waals surface area (Å²) in [6, 6.07) is 0. The van der Waals surface area contributed by atoms with Gasteiger partial charge in [-0.1, -0.05) is 41.0 Å². The first-order valence-electron chi connectivity index (χ1n) is 12.5. The van der Waals surface area contributed by atoms with Gasteiger partial charge in [-0.25, -0.2) is 0 Å². The minimum atomic E-state index is -0.424. The first-order chi connectivity index (χ1) is 13.1. The van der Waals surface area contributed by atoms with E-state index in [1.54, 1.807) is 0 Å². The number of hydrogen-bond acceptors (Lipinski definition) is 2. The molecule has 4 rings (SSSR count). The summed E-state index contributed by atoms with van der Waals surface area (Å²) in [5.41, 5.74) is 0.697. The third-order valence-electron chi connectivity index (χ3n) is 11.4.